The van der Waals surface area contributed by atoms with Crippen LogP contribution in [0.3, 0.4) is 0 Å². The Morgan fingerprint density at radius 3 is 2.43 bits per heavy atom. The molecule has 0 atom stereocenters. The maximum atomic E-state index is 12.1. The summed E-state index contributed by atoms with van der Waals surface area (Å²) in [7, 11) is -2.21. The van der Waals surface area contributed by atoms with E-state index in [0.29, 0.717) is 6.54 Å². The van der Waals surface area contributed by atoms with E-state index < -0.39 is 29.2 Å². The van der Waals surface area contributed by atoms with Crippen molar-refractivity contribution in [2.24, 2.45) is 0 Å². The molecule has 1 aromatic rings. The number of halogens is 3. The second-order valence-electron chi connectivity index (χ2n) is 4.96. The standard InChI is InChI=1S/C12H20F3N3O2S/c1-9(2)18-8-11(6-10(18)7-16-3)21(19,20)17-5-4-12(13,14)15/h6,8-9,16-17H,4-5,7H2,1-3H3. The van der Waals surface area contributed by atoms with Gasteiger partial charge in [0.2, 0.25) is 10.0 Å². The zero-order chi connectivity index (χ0) is 16.3. The van der Waals surface area contributed by atoms with Gasteiger partial charge in [0.15, 0.2) is 0 Å². The first-order valence-corrected chi connectivity index (χ1v) is 7.97. The maximum Gasteiger partial charge on any atom is 0.390 e. The van der Waals surface area contributed by atoms with Crippen molar-refractivity contribution in [3.63, 3.8) is 0 Å². The fourth-order valence-corrected chi connectivity index (χ4v) is 2.94. The van der Waals surface area contributed by atoms with Crippen LogP contribution < -0.4 is 10.0 Å². The second-order valence-corrected chi connectivity index (χ2v) is 6.73. The van der Waals surface area contributed by atoms with Crippen molar-refractivity contribution in [3.8, 4) is 0 Å². The van der Waals surface area contributed by atoms with Crippen LogP contribution in [0.2, 0.25) is 0 Å². The average Bonchev–Trinajstić information content (AvgIpc) is 2.72. The van der Waals surface area contributed by atoms with Crippen LogP contribution in [0.1, 0.15) is 32.0 Å². The van der Waals surface area contributed by atoms with Gasteiger partial charge in [-0.3, -0.25) is 0 Å². The third-order valence-corrected chi connectivity index (χ3v) is 4.26. The topological polar surface area (TPSA) is 63.1 Å². The third kappa shape index (κ3) is 5.33. The zero-order valence-electron chi connectivity index (χ0n) is 12.2. The molecule has 0 aliphatic rings. The van der Waals surface area contributed by atoms with Crippen LogP contribution in [0.4, 0.5) is 13.2 Å². The van der Waals surface area contributed by atoms with Gasteiger partial charge in [0.25, 0.3) is 0 Å². The molecule has 0 spiro atoms. The lowest BCUT2D eigenvalue weighted by Gasteiger charge is -2.12. The first-order valence-electron chi connectivity index (χ1n) is 6.48. The number of alkyl halides is 3. The lowest BCUT2D eigenvalue weighted by molar-refractivity contribution is -0.132. The molecule has 0 aromatic carbocycles. The molecule has 0 amide bonds. The van der Waals surface area contributed by atoms with E-state index in [1.165, 1.54) is 12.3 Å². The molecule has 0 saturated heterocycles. The van der Waals surface area contributed by atoms with Crippen molar-refractivity contribution in [1.82, 2.24) is 14.6 Å². The molecule has 122 valence electrons. The van der Waals surface area contributed by atoms with E-state index in [-0.39, 0.29) is 10.9 Å². The van der Waals surface area contributed by atoms with Crippen molar-refractivity contribution in [1.29, 1.82) is 0 Å². The van der Waals surface area contributed by atoms with Crippen LogP contribution in [-0.2, 0) is 16.6 Å². The van der Waals surface area contributed by atoms with Gasteiger partial charge in [-0.25, -0.2) is 13.1 Å². The highest BCUT2D eigenvalue weighted by Crippen LogP contribution is 2.21. The van der Waals surface area contributed by atoms with Crippen molar-refractivity contribution in [2.75, 3.05) is 13.6 Å². The van der Waals surface area contributed by atoms with E-state index in [1.807, 2.05) is 18.6 Å². The molecule has 1 rings (SSSR count). The van der Waals surface area contributed by atoms with E-state index >= 15 is 0 Å². The summed E-state index contributed by atoms with van der Waals surface area (Å²) >= 11 is 0. The molecule has 0 radical (unpaired) electrons. The maximum absolute atomic E-state index is 12.1. The van der Waals surface area contributed by atoms with Gasteiger partial charge in [0.1, 0.15) is 0 Å². The Labute approximate surface area is 122 Å². The summed E-state index contributed by atoms with van der Waals surface area (Å²) in [4.78, 5) is -0.0244. The molecule has 0 saturated carbocycles. The van der Waals surface area contributed by atoms with Crippen molar-refractivity contribution < 1.29 is 21.6 Å². The van der Waals surface area contributed by atoms with E-state index in [1.54, 1.807) is 11.6 Å². The number of aromatic nitrogens is 1. The molecule has 0 unspecified atom stereocenters. The van der Waals surface area contributed by atoms with E-state index in [9.17, 15) is 21.6 Å². The minimum atomic E-state index is -4.39. The van der Waals surface area contributed by atoms with Gasteiger partial charge in [0, 0.05) is 31.0 Å². The Hall–Kier alpha value is -1.06. The second kappa shape index (κ2) is 6.80. The van der Waals surface area contributed by atoms with Gasteiger partial charge in [-0.15, -0.1) is 0 Å². The largest absolute Gasteiger partial charge is 0.390 e. The highest BCUT2D eigenvalue weighted by molar-refractivity contribution is 7.89. The van der Waals surface area contributed by atoms with Gasteiger partial charge in [-0.05, 0) is 27.0 Å². The van der Waals surface area contributed by atoms with E-state index in [2.05, 4.69) is 5.32 Å². The summed E-state index contributed by atoms with van der Waals surface area (Å²) < 4.78 is 63.9. The minimum Gasteiger partial charge on any atom is -0.346 e. The molecule has 0 fully saturated rings. The third-order valence-electron chi connectivity index (χ3n) is 2.83. The molecule has 1 aromatic heterocycles. The fraction of sp³-hybridized carbons (Fsp3) is 0.667. The first-order chi connectivity index (χ1) is 9.57. The summed E-state index contributed by atoms with van der Waals surface area (Å²) in [5.41, 5.74) is 0.753. The summed E-state index contributed by atoms with van der Waals surface area (Å²) in [6.45, 7) is 3.59. The summed E-state index contributed by atoms with van der Waals surface area (Å²) in [6.07, 6.45) is -4.14. The van der Waals surface area contributed by atoms with Crippen molar-refractivity contribution in [2.45, 2.75) is 43.9 Å². The normalized spacial score (nSPS) is 13.1. The predicted molar refractivity (Wildman–Crippen MR) is 73.4 cm³/mol. The monoisotopic (exact) mass is 327 g/mol. The molecular weight excluding hydrogens is 307 g/mol. The Morgan fingerprint density at radius 1 is 1.33 bits per heavy atom. The Balaban J connectivity index is 2.90. The summed E-state index contributed by atoms with van der Waals surface area (Å²) in [6, 6.07) is 1.51. The van der Waals surface area contributed by atoms with E-state index in [4.69, 9.17) is 0 Å². The van der Waals surface area contributed by atoms with E-state index in [0.717, 1.165) is 5.69 Å². The average molecular weight is 327 g/mol. The quantitative estimate of drug-likeness (QED) is 0.805. The Kier molecular flexibility index (Phi) is 5.83. The highest BCUT2D eigenvalue weighted by Gasteiger charge is 2.28. The number of nitrogens with zero attached hydrogens (tertiary/aromatic N) is 1. The first kappa shape index (κ1) is 18.0. The summed E-state index contributed by atoms with van der Waals surface area (Å²) in [5, 5.41) is 2.92. The predicted octanol–water partition coefficient (Wildman–Crippen LogP) is 2.02. The molecule has 1 heterocycles. The smallest absolute Gasteiger partial charge is 0.346 e. The Morgan fingerprint density at radius 2 is 1.95 bits per heavy atom. The number of nitrogens with one attached hydrogen (secondary N) is 2. The van der Waals surface area contributed by atoms with Gasteiger partial charge in [-0.1, -0.05) is 0 Å². The van der Waals surface area contributed by atoms with Crippen molar-refractivity contribution in [3.05, 3.63) is 18.0 Å². The SMILES string of the molecule is CNCc1cc(S(=O)(=O)NCCC(F)(F)F)cn1C(C)C. The van der Waals surface area contributed by atoms with Crippen molar-refractivity contribution >= 4 is 10.0 Å². The van der Waals surface area contributed by atoms with Crippen LogP contribution in [0.5, 0.6) is 0 Å². The molecule has 0 aliphatic carbocycles. The van der Waals surface area contributed by atoms with Gasteiger partial charge in [-0.2, -0.15) is 13.2 Å². The number of hydrogen-bond donors (Lipinski definition) is 2. The molecule has 21 heavy (non-hydrogen) atoms. The van der Waals surface area contributed by atoms with Gasteiger partial charge in [0.05, 0.1) is 11.3 Å². The number of rotatable bonds is 7. The molecule has 9 heteroatoms. The number of hydrogen-bond acceptors (Lipinski definition) is 3. The van der Waals surface area contributed by atoms with Crippen LogP contribution in [0, 0.1) is 0 Å². The van der Waals surface area contributed by atoms with Crippen LogP contribution in [-0.4, -0.2) is 32.8 Å². The summed E-state index contributed by atoms with van der Waals surface area (Å²) in [5.74, 6) is 0. The molecule has 2 N–H and O–H groups in total. The lowest BCUT2D eigenvalue weighted by atomic mass is 10.3. The Bertz CT molecular complexity index is 565. The molecule has 0 bridgehead atoms. The van der Waals surface area contributed by atoms with Crippen LogP contribution in [0.25, 0.3) is 0 Å². The van der Waals surface area contributed by atoms with Crippen LogP contribution >= 0.6 is 0 Å². The highest BCUT2D eigenvalue weighted by atomic mass is 32.2. The van der Waals surface area contributed by atoms with Crippen LogP contribution in [0.15, 0.2) is 17.2 Å². The van der Waals surface area contributed by atoms with Gasteiger partial charge < -0.3 is 9.88 Å². The molecular formula is C12H20F3N3O2S. The minimum absolute atomic E-state index is 0.0244. The lowest BCUT2D eigenvalue weighted by Crippen LogP contribution is -2.27. The molecule has 0 aliphatic heterocycles. The zero-order valence-corrected chi connectivity index (χ0v) is 13.0. The van der Waals surface area contributed by atoms with Gasteiger partial charge >= 0.3 is 6.18 Å². The number of sulfonamides is 1. The molecule has 5 nitrogen and oxygen atoms in total. The fourth-order valence-electron chi connectivity index (χ4n) is 1.86.